The van der Waals surface area contributed by atoms with Crippen LogP contribution in [0.3, 0.4) is 0 Å². The van der Waals surface area contributed by atoms with Crippen LogP contribution in [0.2, 0.25) is 0 Å². The highest BCUT2D eigenvalue weighted by molar-refractivity contribution is 7.92. The van der Waals surface area contributed by atoms with Crippen LogP contribution in [0, 0.1) is 11.8 Å². The molecular formula is C21H35NO3S. The van der Waals surface area contributed by atoms with Gasteiger partial charge >= 0.3 is 0 Å². The third-order valence-electron chi connectivity index (χ3n) is 5.74. The summed E-state index contributed by atoms with van der Waals surface area (Å²) in [6, 6.07) is 8.75. The van der Waals surface area contributed by atoms with Crippen LogP contribution in [0.5, 0.6) is 0 Å². The number of nitrogens with zero attached hydrogens (tertiary/aromatic N) is 1. The average molecular weight is 382 g/mol. The van der Waals surface area contributed by atoms with Gasteiger partial charge in [0.2, 0.25) is 0 Å². The first-order chi connectivity index (χ1) is 12.1. The molecule has 26 heavy (non-hydrogen) atoms. The monoisotopic (exact) mass is 381 g/mol. The first kappa shape index (κ1) is 21.4. The zero-order valence-corrected chi connectivity index (χ0v) is 17.5. The summed E-state index contributed by atoms with van der Waals surface area (Å²) in [7, 11) is -3.34. The molecule has 0 bridgehead atoms. The highest BCUT2D eigenvalue weighted by Crippen LogP contribution is 2.30. The van der Waals surface area contributed by atoms with Crippen molar-refractivity contribution < 1.29 is 13.5 Å². The van der Waals surface area contributed by atoms with Crippen molar-refractivity contribution in [3.63, 3.8) is 0 Å². The second-order valence-electron chi connectivity index (χ2n) is 8.62. The van der Waals surface area contributed by atoms with Crippen molar-refractivity contribution in [1.82, 2.24) is 4.90 Å². The Bertz CT molecular complexity index is 655. The Labute approximate surface area is 159 Å². The third-order valence-corrected chi connectivity index (χ3v) is 8.29. The first-order valence-corrected chi connectivity index (χ1v) is 11.3. The van der Waals surface area contributed by atoms with Crippen molar-refractivity contribution in [3.8, 4) is 0 Å². The standard InChI is InChI=1S/C21H35NO3S/c1-17(2)20(23)18-10-8-14-22(16-18)15-9-13-21(3,4)26(24,25)19-11-6-5-7-12-19/h5-7,11-12,17-18,20,23H,8-10,13-16H2,1-4H3. The second-order valence-corrected chi connectivity index (χ2v) is 11.2. The van der Waals surface area contributed by atoms with Gasteiger partial charge in [-0.3, -0.25) is 0 Å². The summed E-state index contributed by atoms with van der Waals surface area (Å²) in [4.78, 5) is 2.80. The molecule has 5 heteroatoms. The fourth-order valence-electron chi connectivity index (χ4n) is 3.90. The fraction of sp³-hybridized carbons (Fsp3) is 0.714. The summed E-state index contributed by atoms with van der Waals surface area (Å²) in [5.74, 6) is 0.625. The van der Waals surface area contributed by atoms with Crippen molar-refractivity contribution in [2.75, 3.05) is 19.6 Å². The molecule has 1 fully saturated rings. The lowest BCUT2D eigenvalue weighted by molar-refractivity contribution is 0.0212. The molecule has 1 N–H and O–H groups in total. The van der Waals surface area contributed by atoms with Crippen LogP contribution in [0.4, 0.5) is 0 Å². The van der Waals surface area contributed by atoms with Crippen molar-refractivity contribution in [2.45, 2.75) is 69.1 Å². The molecule has 0 amide bonds. The molecule has 2 rings (SSSR count). The number of aliphatic hydroxyl groups is 1. The zero-order valence-electron chi connectivity index (χ0n) is 16.7. The minimum absolute atomic E-state index is 0.243. The molecule has 0 aromatic heterocycles. The van der Waals surface area contributed by atoms with Gasteiger partial charge in [-0.1, -0.05) is 32.0 Å². The summed E-state index contributed by atoms with van der Waals surface area (Å²) in [6.07, 6.45) is 3.44. The number of aliphatic hydroxyl groups excluding tert-OH is 1. The highest BCUT2D eigenvalue weighted by Gasteiger charge is 2.35. The van der Waals surface area contributed by atoms with Gasteiger partial charge in [0.05, 0.1) is 15.7 Å². The number of benzene rings is 1. The minimum atomic E-state index is -3.34. The van der Waals surface area contributed by atoms with Crippen molar-refractivity contribution in [2.24, 2.45) is 11.8 Å². The zero-order chi connectivity index (χ0) is 19.4. The van der Waals surface area contributed by atoms with E-state index < -0.39 is 14.6 Å². The molecule has 0 aliphatic carbocycles. The molecule has 2 unspecified atom stereocenters. The SMILES string of the molecule is CC(C)C(O)C1CCCN(CCCC(C)(C)S(=O)(=O)c2ccccc2)C1. The molecule has 1 heterocycles. The lowest BCUT2D eigenvalue weighted by atomic mass is 9.86. The number of sulfone groups is 1. The van der Waals surface area contributed by atoms with E-state index >= 15 is 0 Å². The minimum Gasteiger partial charge on any atom is -0.393 e. The van der Waals surface area contributed by atoms with Gasteiger partial charge in [-0.05, 0) is 76.6 Å². The maximum Gasteiger partial charge on any atom is 0.183 e. The lowest BCUT2D eigenvalue weighted by Crippen LogP contribution is -2.42. The van der Waals surface area contributed by atoms with Crippen molar-refractivity contribution >= 4 is 9.84 Å². The van der Waals surface area contributed by atoms with E-state index in [1.54, 1.807) is 24.3 Å². The van der Waals surface area contributed by atoms with Gasteiger partial charge in [0.1, 0.15) is 0 Å². The second kappa shape index (κ2) is 8.85. The predicted molar refractivity (Wildman–Crippen MR) is 107 cm³/mol. The van der Waals surface area contributed by atoms with Gasteiger partial charge in [-0.15, -0.1) is 0 Å². The summed E-state index contributed by atoms with van der Waals surface area (Å²) in [5.41, 5.74) is 0. The maximum atomic E-state index is 12.9. The molecule has 1 aromatic rings. The van der Waals surface area contributed by atoms with Gasteiger partial charge in [0, 0.05) is 6.54 Å². The Morgan fingerprint density at radius 2 is 1.88 bits per heavy atom. The quantitative estimate of drug-likeness (QED) is 0.745. The smallest absolute Gasteiger partial charge is 0.183 e. The van der Waals surface area contributed by atoms with Crippen LogP contribution in [-0.4, -0.2) is 48.9 Å². The Morgan fingerprint density at radius 1 is 1.23 bits per heavy atom. The fourth-order valence-corrected chi connectivity index (χ4v) is 5.47. The van der Waals surface area contributed by atoms with E-state index in [4.69, 9.17) is 0 Å². The number of piperidine rings is 1. The molecule has 0 spiro atoms. The molecule has 4 nitrogen and oxygen atoms in total. The van der Waals surface area contributed by atoms with Crippen LogP contribution in [0.1, 0.15) is 53.4 Å². The van der Waals surface area contributed by atoms with E-state index in [0.29, 0.717) is 17.2 Å². The molecular weight excluding hydrogens is 346 g/mol. The first-order valence-electron chi connectivity index (χ1n) is 9.85. The molecule has 148 valence electrons. The third kappa shape index (κ3) is 5.08. The number of likely N-dealkylation sites (tertiary alicyclic amines) is 1. The lowest BCUT2D eigenvalue weighted by Gasteiger charge is -2.37. The average Bonchev–Trinajstić information content (AvgIpc) is 2.61. The van der Waals surface area contributed by atoms with Gasteiger partial charge in [-0.2, -0.15) is 0 Å². The Hall–Kier alpha value is -0.910. The largest absolute Gasteiger partial charge is 0.393 e. The van der Waals surface area contributed by atoms with Gasteiger partial charge in [-0.25, -0.2) is 8.42 Å². The number of rotatable bonds is 8. The topological polar surface area (TPSA) is 57.6 Å². The predicted octanol–water partition coefficient (Wildman–Crippen LogP) is 3.75. The van der Waals surface area contributed by atoms with E-state index in [0.717, 1.165) is 38.9 Å². The van der Waals surface area contributed by atoms with Gasteiger partial charge in [0.25, 0.3) is 0 Å². The number of hydrogen-bond acceptors (Lipinski definition) is 4. The van der Waals surface area contributed by atoms with Crippen LogP contribution >= 0.6 is 0 Å². The molecule has 1 aromatic carbocycles. The molecule has 0 radical (unpaired) electrons. The van der Waals surface area contributed by atoms with E-state index in [2.05, 4.69) is 18.7 Å². The van der Waals surface area contributed by atoms with Crippen LogP contribution < -0.4 is 0 Å². The summed E-state index contributed by atoms with van der Waals surface area (Å²) in [6.45, 7) is 10.7. The molecule has 1 aliphatic heterocycles. The molecule has 1 saturated heterocycles. The summed E-state index contributed by atoms with van der Waals surface area (Å²) >= 11 is 0. The summed E-state index contributed by atoms with van der Waals surface area (Å²) in [5, 5.41) is 10.4. The van der Waals surface area contributed by atoms with E-state index in [1.165, 1.54) is 0 Å². The maximum absolute atomic E-state index is 12.9. The normalized spacial score (nSPS) is 21.1. The molecule has 2 atom stereocenters. The van der Waals surface area contributed by atoms with Gasteiger partial charge in [0.15, 0.2) is 9.84 Å². The van der Waals surface area contributed by atoms with Crippen molar-refractivity contribution in [1.29, 1.82) is 0 Å². The molecule has 1 aliphatic rings. The van der Waals surface area contributed by atoms with Crippen LogP contribution in [0.15, 0.2) is 35.2 Å². The number of hydrogen-bond donors (Lipinski definition) is 1. The van der Waals surface area contributed by atoms with E-state index in [9.17, 15) is 13.5 Å². The van der Waals surface area contributed by atoms with Gasteiger partial charge < -0.3 is 10.0 Å². The highest BCUT2D eigenvalue weighted by atomic mass is 32.2. The van der Waals surface area contributed by atoms with E-state index in [1.807, 2.05) is 19.9 Å². The van der Waals surface area contributed by atoms with Crippen molar-refractivity contribution in [3.05, 3.63) is 30.3 Å². The van der Waals surface area contributed by atoms with Crippen LogP contribution in [0.25, 0.3) is 0 Å². The summed E-state index contributed by atoms with van der Waals surface area (Å²) < 4.78 is 25.0. The van der Waals surface area contributed by atoms with Crippen LogP contribution in [-0.2, 0) is 9.84 Å². The van der Waals surface area contributed by atoms with E-state index in [-0.39, 0.29) is 12.0 Å². The Kier molecular flexibility index (Phi) is 7.28. The Balaban J connectivity index is 1.90. The Morgan fingerprint density at radius 3 is 2.50 bits per heavy atom. The molecule has 0 saturated carbocycles.